The topological polar surface area (TPSA) is 38.4 Å². The highest BCUT2D eigenvalue weighted by atomic mass is 32.2. The molecule has 2 aliphatic rings. The Labute approximate surface area is 78.0 Å². The molecule has 0 aromatic carbocycles. The molecule has 2 rings (SSSR count). The molecule has 1 heterocycles. The Morgan fingerprint density at radius 3 is 3.25 bits per heavy atom. The van der Waals surface area contributed by atoms with Gasteiger partial charge in [0.2, 0.25) is 0 Å². The third-order valence-electron chi connectivity index (χ3n) is 2.93. The third kappa shape index (κ3) is 1.67. The summed E-state index contributed by atoms with van der Waals surface area (Å²) in [4.78, 5) is 4.46. The van der Waals surface area contributed by atoms with Crippen LogP contribution in [0.5, 0.6) is 0 Å². The predicted molar refractivity (Wildman–Crippen MR) is 54.7 cm³/mol. The molecule has 1 fully saturated rings. The van der Waals surface area contributed by atoms with Crippen LogP contribution in [0.2, 0.25) is 0 Å². The van der Waals surface area contributed by atoms with Crippen molar-refractivity contribution < 1.29 is 0 Å². The second-order valence-electron chi connectivity index (χ2n) is 3.75. The molecule has 3 unspecified atom stereocenters. The zero-order valence-corrected chi connectivity index (χ0v) is 8.09. The first-order valence-electron chi connectivity index (χ1n) is 4.77. The summed E-state index contributed by atoms with van der Waals surface area (Å²) in [6.07, 6.45) is 5.19. The van der Waals surface area contributed by atoms with Crippen molar-refractivity contribution in [3.05, 3.63) is 0 Å². The molecule has 0 amide bonds. The van der Waals surface area contributed by atoms with Crippen LogP contribution in [0.25, 0.3) is 0 Å². The normalized spacial score (nSPS) is 39.9. The summed E-state index contributed by atoms with van der Waals surface area (Å²) in [6, 6.07) is 0.643. The summed E-state index contributed by atoms with van der Waals surface area (Å²) in [5.41, 5.74) is 7.60. The van der Waals surface area contributed by atoms with E-state index in [9.17, 15) is 0 Å². The van der Waals surface area contributed by atoms with Crippen LogP contribution < -0.4 is 5.73 Å². The first kappa shape index (κ1) is 8.57. The highest BCUT2D eigenvalue weighted by molar-refractivity contribution is 8.12. The molecular weight excluding hydrogens is 168 g/mol. The van der Waals surface area contributed by atoms with Gasteiger partial charge >= 0.3 is 0 Å². The zero-order valence-electron chi connectivity index (χ0n) is 7.28. The smallest absolute Gasteiger partial charge is 0.0628 e. The van der Waals surface area contributed by atoms with Gasteiger partial charge in [0.1, 0.15) is 0 Å². The third-order valence-corrected chi connectivity index (χ3v) is 4.03. The Morgan fingerprint density at radius 1 is 1.50 bits per heavy atom. The zero-order chi connectivity index (χ0) is 8.39. The Kier molecular flexibility index (Phi) is 2.71. The molecule has 1 aliphatic heterocycles. The number of nitrogens with zero attached hydrogens (tertiary/aromatic N) is 1. The summed E-state index contributed by atoms with van der Waals surface area (Å²) >= 11 is 1.92. The lowest BCUT2D eigenvalue weighted by molar-refractivity contribution is 0.326. The quantitative estimate of drug-likeness (QED) is 0.708. The van der Waals surface area contributed by atoms with Gasteiger partial charge in [-0.05, 0) is 38.1 Å². The van der Waals surface area contributed by atoms with Crippen LogP contribution in [0, 0.1) is 5.92 Å². The molecular formula is C9H16N2S. The number of nitrogens with two attached hydrogens (primary N) is 1. The molecule has 12 heavy (non-hydrogen) atoms. The van der Waals surface area contributed by atoms with E-state index in [2.05, 4.69) is 4.99 Å². The lowest BCUT2D eigenvalue weighted by Crippen LogP contribution is -2.28. The van der Waals surface area contributed by atoms with Gasteiger partial charge in [-0.15, -0.1) is 11.8 Å². The van der Waals surface area contributed by atoms with E-state index in [4.69, 9.17) is 5.73 Å². The molecule has 0 spiro atoms. The average molecular weight is 184 g/mol. The minimum absolute atomic E-state index is 0.643. The lowest BCUT2D eigenvalue weighted by Gasteiger charge is -2.29. The summed E-state index contributed by atoms with van der Waals surface area (Å²) < 4.78 is 0. The van der Waals surface area contributed by atoms with Crippen molar-refractivity contribution >= 4 is 17.3 Å². The Hall–Kier alpha value is -0.0200. The van der Waals surface area contributed by atoms with Crippen molar-refractivity contribution in [3.63, 3.8) is 0 Å². The second kappa shape index (κ2) is 3.79. The molecule has 3 heteroatoms. The minimum Gasteiger partial charge on any atom is -0.330 e. The van der Waals surface area contributed by atoms with Gasteiger partial charge in [-0.3, -0.25) is 4.99 Å². The van der Waals surface area contributed by atoms with Crippen molar-refractivity contribution in [2.75, 3.05) is 6.54 Å². The molecule has 0 aromatic heterocycles. The molecule has 68 valence electrons. The van der Waals surface area contributed by atoms with Crippen LogP contribution in [-0.2, 0) is 0 Å². The maximum absolute atomic E-state index is 5.56. The Morgan fingerprint density at radius 2 is 2.42 bits per heavy atom. The van der Waals surface area contributed by atoms with Gasteiger partial charge in [0, 0.05) is 5.25 Å². The molecule has 0 saturated heterocycles. The monoisotopic (exact) mass is 184 g/mol. The van der Waals surface area contributed by atoms with Crippen LogP contribution >= 0.6 is 11.8 Å². The van der Waals surface area contributed by atoms with Gasteiger partial charge in [-0.2, -0.15) is 0 Å². The highest BCUT2D eigenvalue weighted by Gasteiger charge is 2.32. The van der Waals surface area contributed by atoms with E-state index in [0.717, 1.165) is 17.7 Å². The van der Waals surface area contributed by atoms with E-state index in [1.165, 1.54) is 25.7 Å². The molecule has 3 atom stereocenters. The van der Waals surface area contributed by atoms with Gasteiger partial charge in [0.05, 0.1) is 11.6 Å². The molecule has 2 N–H and O–H groups in total. The summed E-state index contributed by atoms with van der Waals surface area (Å²) in [5, 5.41) is 0.787. The summed E-state index contributed by atoms with van der Waals surface area (Å²) in [5.74, 6) is 0.880. The van der Waals surface area contributed by atoms with Gasteiger partial charge in [-0.1, -0.05) is 0 Å². The predicted octanol–water partition coefficient (Wildman–Crippen LogP) is 1.65. The van der Waals surface area contributed by atoms with Crippen molar-refractivity contribution in [2.24, 2.45) is 16.6 Å². The maximum atomic E-state index is 5.56. The van der Waals surface area contributed by atoms with Crippen LogP contribution in [0.3, 0.4) is 0 Å². The largest absolute Gasteiger partial charge is 0.330 e. The standard InChI is InChI=1S/C9H16N2S/c10-4-3-7-1-2-8-9(5-7)12-6-11-8/h6-9H,1-5,10H2. The highest BCUT2D eigenvalue weighted by Crippen LogP contribution is 2.37. The van der Waals surface area contributed by atoms with E-state index >= 15 is 0 Å². The molecule has 0 radical (unpaired) electrons. The van der Waals surface area contributed by atoms with Gasteiger partial charge in [0.15, 0.2) is 0 Å². The fourth-order valence-corrected chi connectivity index (χ4v) is 3.36. The van der Waals surface area contributed by atoms with Gasteiger partial charge in [-0.25, -0.2) is 0 Å². The van der Waals surface area contributed by atoms with Gasteiger partial charge in [0.25, 0.3) is 0 Å². The fraction of sp³-hybridized carbons (Fsp3) is 0.889. The van der Waals surface area contributed by atoms with Crippen LogP contribution in [0.15, 0.2) is 4.99 Å². The number of hydrogen-bond donors (Lipinski definition) is 1. The molecule has 0 aromatic rings. The first-order valence-corrected chi connectivity index (χ1v) is 5.71. The van der Waals surface area contributed by atoms with Gasteiger partial charge < -0.3 is 5.73 Å². The van der Waals surface area contributed by atoms with Crippen LogP contribution in [-0.4, -0.2) is 23.4 Å². The van der Waals surface area contributed by atoms with E-state index in [-0.39, 0.29) is 0 Å². The van der Waals surface area contributed by atoms with Crippen molar-refractivity contribution in [3.8, 4) is 0 Å². The molecule has 1 aliphatic carbocycles. The fourth-order valence-electron chi connectivity index (χ4n) is 2.20. The second-order valence-corrected chi connectivity index (χ2v) is 4.84. The minimum atomic E-state index is 0.643. The van der Waals surface area contributed by atoms with Crippen LogP contribution in [0.4, 0.5) is 0 Å². The summed E-state index contributed by atoms with van der Waals surface area (Å²) in [6.45, 7) is 0.855. The Bertz CT molecular complexity index is 181. The van der Waals surface area contributed by atoms with Crippen molar-refractivity contribution in [1.82, 2.24) is 0 Å². The number of thioether (sulfide) groups is 1. The number of hydrogen-bond acceptors (Lipinski definition) is 3. The maximum Gasteiger partial charge on any atom is 0.0628 e. The molecule has 1 saturated carbocycles. The van der Waals surface area contributed by atoms with E-state index in [1.54, 1.807) is 0 Å². The Balaban J connectivity index is 1.86. The number of rotatable bonds is 2. The first-order chi connectivity index (χ1) is 5.90. The number of aliphatic imine (C=N–C) groups is 1. The average Bonchev–Trinajstić information content (AvgIpc) is 2.51. The molecule has 0 bridgehead atoms. The van der Waals surface area contributed by atoms with E-state index < -0.39 is 0 Å². The molecule has 2 nitrogen and oxygen atoms in total. The summed E-state index contributed by atoms with van der Waals surface area (Å²) in [7, 11) is 0. The van der Waals surface area contributed by atoms with Crippen LogP contribution in [0.1, 0.15) is 25.7 Å². The lowest BCUT2D eigenvalue weighted by atomic mass is 9.84. The SMILES string of the molecule is NCCC1CCC2N=CSC2C1. The number of fused-ring (bicyclic) bond motifs is 1. The van der Waals surface area contributed by atoms with Crippen molar-refractivity contribution in [2.45, 2.75) is 37.0 Å². The van der Waals surface area contributed by atoms with Crippen molar-refractivity contribution in [1.29, 1.82) is 0 Å². The van der Waals surface area contributed by atoms with E-state index in [0.29, 0.717) is 6.04 Å². The van der Waals surface area contributed by atoms with E-state index in [1.807, 2.05) is 17.3 Å².